The standard InChI is InChI=1S/C27H40N4O5/c28-14-23-25(33-16-18-7-3-1-4-8-18)26(34-17-19-9-5-2-6-10-19)24(30)27(36-23)35-22-13-20(15-32)31-12-11-21(22)29/h1-10,20-27,31-32H,11-17,28-30H2/t20-,21+,22+,23-,24-,25-,26-,27+/m1/s1. The van der Waals surface area contributed by atoms with Crippen molar-refractivity contribution in [2.75, 3.05) is 19.7 Å². The first-order valence-corrected chi connectivity index (χ1v) is 12.8. The summed E-state index contributed by atoms with van der Waals surface area (Å²) in [6.07, 6.45) is -1.31. The van der Waals surface area contributed by atoms with Crippen molar-refractivity contribution in [2.24, 2.45) is 17.2 Å². The number of ether oxygens (including phenoxy) is 4. The van der Waals surface area contributed by atoms with Gasteiger partial charge in [0.25, 0.3) is 0 Å². The van der Waals surface area contributed by atoms with Crippen molar-refractivity contribution in [3.05, 3.63) is 71.8 Å². The third-order valence-electron chi connectivity index (χ3n) is 6.93. The summed E-state index contributed by atoms with van der Waals surface area (Å²) in [5.41, 5.74) is 21.4. The summed E-state index contributed by atoms with van der Waals surface area (Å²) in [6, 6.07) is 18.9. The van der Waals surface area contributed by atoms with E-state index < -0.39 is 30.6 Å². The predicted octanol–water partition coefficient (Wildman–Crippen LogP) is 0.625. The molecule has 0 spiro atoms. The van der Waals surface area contributed by atoms with E-state index in [0.29, 0.717) is 26.2 Å². The number of hydrogen-bond acceptors (Lipinski definition) is 9. The summed E-state index contributed by atoms with van der Waals surface area (Å²) >= 11 is 0. The van der Waals surface area contributed by atoms with Gasteiger partial charge < -0.3 is 46.6 Å². The molecule has 9 nitrogen and oxygen atoms in total. The fourth-order valence-corrected chi connectivity index (χ4v) is 4.83. The zero-order chi connectivity index (χ0) is 25.3. The zero-order valence-corrected chi connectivity index (χ0v) is 20.7. The van der Waals surface area contributed by atoms with Gasteiger partial charge in [-0.3, -0.25) is 0 Å². The second kappa shape index (κ2) is 13.6. The Morgan fingerprint density at radius 1 is 0.917 bits per heavy atom. The van der Waals surface area contributed by atoms with Crippen molar-refractivity contribution in [1.29, 1.82) is 0 Å². The normalized spacial score (nSPS) is 33.2. The average molecular weight is 501 g/mol. The Hall–Kier alpha value is -1.92. The number of rotatable bonds is 10. The molecule has 2 fully saturated rings. The fraction of sp³-hybridized carbons (Fsp3) is 0.556. The summed E-state index contributed by atoms with van der Waals surface area (Å²) < 4.78 is 25.4. The molecular weight excluding hydrogens is 460 g/mol. The molecule has 0 radical (unpaired) electrons. The van der Waals surface area contributed by atoms with E-state index in [0.717, 1.165) is 17.5 Å². The van der Waals surface area contributed by atoms with Gasteiger partial charge in [-0.1, -0.05) is 60.7 Å². The van der Waals surface area contributed by atoms with Gasteiger partial charge in [-0.05, 0) is 30.5 Å². The molecule has 8 atom stereocenters. The molecule has 2 saturated heterocycles. The van der Waals surface area contributed by atoms with E-state index in [2.05, 4.69) is 5.32 Å². The van der Waals surface area contributed by atoms with Gasteiger partial charge in [0, 0.05) is 18.6 Å². The quantitative estimate of drug-likeness (QED) is 0.317. The van der Waals surface area contributed by atoms with Gasteiger partial charge in [-0.2, -0.15) is 0 Å². The second-order valence-electron chi connectivity index (χ2n) is 9.57. The first kappa shape index (κ1) is 27.1. The van der Waals surface area contributed by atoms with Crippen LogP contribution < -0.4 is 22.5 Å². The highest BCUT2D eigenvalue weighted by molar-refractivity contribution is 5.14. The molecule has 4 rings (SSSR count). The molecule has 0 unspecified atom stereocenters. The van der Waals surface area contributed by atoms with E-state index in [4.69, 9.17) is 36.1 Å². The van der Waals surface area contributed by atoms with E-state index in [1.807, 2.05) is 60.7 Å². The van der Waals surface area contributed by atoms with Crippen LogP contribution in [0.4, 0.5) is 0 Å². The van der Waals surface area contributed by atoms with Gasteiger partial charge in [0.05, 0.1) is 32.0 Å². The first-order chi connectivity index (χ1) is 17.6. The third-order valence-corrected chi connectivity index (χ3v) is 6.93. The molecule has 2 aliphatic heterocycles. The van der Waals surface area contributed by atoms with Crippen LogP contribution in [0.2, 0.25) is 0 Å². The van der Waals surface area contributed by atoms with Gasteiger partial charge in [0.15, 0.2) is 6.29 Å². The lowest BCUT2D eigenvalue weighted by Crippen LogP contribution is -2.65. The molecule has 0 bridgehead atoms. The van der Waals surface area contributed by atoms with Crippen molar-refractivity contribution < 1.29 is 24.1 Å². The molecule has 36 heavy (non-hydrogen) atoms. The topological polar surface area (TPSA) is 147 Å². The highest BCUT2D eigenvalue weighted by Gasteiger charge is 2.47. The molecule has 198 valence electrons. The number of hydrogen-bond donors (Lipinski definition) is 5. The Balaban J connectivity index is 1.51. The van der Waals surface area contributed by atoms with Crippen LogP contribution in [0.5, 0.6) is 0 Å². The first-order valence-electron chi connectivity index (χ1n) is 12.8. The largest absolute Gasteiger partial charge is 0.395 e. The van der Waals surface area contributed by atoms with Gasteiger partial charge in [0.1, 0.15) is 18.3 Å². The molecule has 0 aromatic heterocycles. The maximum Gasteiger partial charge on any atom is 0.176 e. The summed E-state index contributed by atoms with van der Waals surface area (Å²) in [5, 5.41) is 13.0. The number of nitrogens with two attached hydrogens (primary N) is 3. The van der Waals surface area contributed by atoms with Crippen molar-refractivity contribution in [3.8, 4) is 0 Å². The van der Waals surface area contributed by atoms with Gasteiger partial charge in [0.2, 0.25) is 0 Å². The van der Waals surface area contributed by atoms with Gasteiger partial charge in [-0.15, -0.1) is 0 Å². The van der Waals surface area contributed by atoms with Crippen LogP contribution in [0.3, 0.4) is 0 Å². The SMILES string of the molecule is NC[C@H]1O[C@H](O[C@H]2C[C@H](CO)NCC[C@@H]2N)[C@H](N)[C@@H](OCc2ccccc2)[C@@H]1OCc1ccccc1. The molecule has 8 N–H and O–H groups in total. The molecular formula is C27H40N4O5. The Kier molecular flexibility index (Phi) is 10.2. The lowest BCUT2D eigenvalue weighted by Gasteiger charge is -2.46. The van der Waals surface area contributed by atoms with Crippen LogP contribution in [0.25, 0.3) is 0 Å². The summed E-state index contributed by atoms with van der Waals surface area (Å²) in [5.74, 6) is 0. The second-order valence-corrected chi connectivity index (χ2v) is 9.57. The van der Waals surface area contributed by atoms with Crippen LogP contribution >= 0.6 is 0 Å². The monoisotopic (exact) mass is 500 g/mol. The Morgan fingerprint density at radius 2 is 1.53 bits per heavy atom. The minimum Gasteiger partial charge on any atom is -0.395 e. The van der Waals surface area contributed by atoms with Crippen LogP contribution in [0.15, 0.2) is 60.7 Å². The Bertz CT molecular complexity index is 892. The molecule has 2 aliphatic rings. The van der Waals surface area contributed by atoms with Gasteiger partial charge in [-0.25, -0.2) is 0 Å². The van der Waals surface area contributed by atoms with Crippen molar-refractivity contribution in [1.82, 2.24) is 5.32 Å². The average Bonchev–Trinajstić information content (AvgIpc) is 3.09. The van der Waals surface area contributed by atoms with Crippen molar-refractivity contribution >= 4 is 0 Å². The highest BCUT2D eigenvalue weighted by atomic mass is 16.7. The molecule has 0 amide bonds. The molecule has 9 heteroatoms. The highest BCUT2D eigenvalue weighted by Crippen LogP contribution is 2.29. The molecule has 2 aromatic rings. The third kappa shape index (κ3) is 7.10. The van der Waals surface area contributed by atoms with E-state index in [1.165, 1.54) is 0 Å². The van der Waals surface area contributed by atoms with E-state index in [-0.39, 0.29) is 31.3 Å². The van der Waals surface area contributed by atoms with Crippen LogP contribution in [0, 0.1) is 0 Å². The molecule has 2 aromatic carbocycles. The number of nitrogens with one attached hydrogen (secondary N) is 1. The van der Waals surface area contributed by atoms with Crippen molar-refractivity contribution in [3.63, 3.8) is 0 Å². The van der Waals surface area contributed by atoms with E-state index in [9.17, 15) is 5.11 Å². The van der Waals surface area contributed by atoms with Gasteiger partial charge >= 0.3 is 0 Å². The summed E-state index contributed by atoms with van der Waals surface area (Å²) in [6.45, 7) is 1.69. The lowest BCUT2D eigenvalue weighted by molar-refractivity contribution is -0.288. The van der Waals surface area contributed by atoms with Crippen LogP contribution in [-0.4, -0.2) is 73.6 Å². The number of aliphatic hydroxyl groups excluding tert-OH is 1. The molecule has 0 saturated carbocycles. The number of aliphatic hydroxyl groups is 1. The Labute approximate surface area is 213 Å². The molecule has 2 heterocycles. The Morgan fingerprint density at radius 3 is 2.11 bits per heavy atom. The minimum atomic E-state index is -0.774. The predicted molar refractivity (Wildman–Crippen MR) is 137 cm³/mol. The minimum absolute atomic E-state index is 0.00773. The lowest BCUT2D eigenvalue weighted by atomic mass is 9.96. The van der Waals surface area contributed by atoms with Crippen molar-refractivity contribution in [2.45, 2.75) is 74.9 Å². The van der Waals surface area contributed by atoms with E-state index in [1.54, 1.807) is 0 Å². The number of benzene rings is 2. The summed E-state index contributed by atoms with van der Waals surface area (Å²) in [7, 11) is 0. The van der Waals surface area contributed by atoms with E-state index >= 15 is 0 Å². The maximum atomic E-state index is 9.70. The maximum absolute atomic E-state index is 9.70. The van der Waals surface area contributed by atoms with Crippen LogP contribution in [0.1, 0.15) is 24.0 Å². The van der Waals surface area contributed by atoms with Crippen LogP contribution in [-0.2, 0) is 32.2 Å². The molecule has 0 aliphatic carbocycles. The fourth-order valence-electron chi connectivity index (χ4n) is 4.83. The summed E-state index contributed by atoms with van der Waals surface area (Å²) in [4.78, 5) is 0. The zero-order valence-electron chi connectivity index (χ0n) is 20.7. The smallest absolute Gasteiger partial charge is 0.176 e.